The summed E-state index contributed by atoms with van der Waals surface area (Å²) in [6.45, 7) is 0.566. The van der Waals surface area contributed by atoms with E-state index < -0.39 is 0 Å². The maximum absolute atomic E-state index is 12.4. The monoisotopic (exact) mass is 463 g/mol. The summed E-state index contributed by atoms with van der Waals surface area (Å²) in [5, 5.41) is 14.8. The summed E-state index contributed by atoms with van der Waals surface area (Å²) >= 11 is 1.56. The fourth-order valence-corrected chi connectivity index (χ4v) is 4.94. The molecule has 3 aromatic rings. The highest BCUT2D eigenvalue weighted by molar-refractivity contribution is 7.99. The summed E-state index contributed by atoms with van der Waals surface area (Å²) in [5.74, 6) is 0.804. The number of amides is 2. The van der Waals surface area contributed by atoms with E-state index in [0.29, 0.717) is 25.8 Å². The van der Waals surface area contributed by atoms with Crippen molar-refractivity contribution in [3.63, 3.8) is 0 Å². The van der Waals surface area contributed by atoms with Crippen molar-refractivity contribution >= 4 is 23.6 Å². The Morgan fingerprint density at radius 3 is 2.58 bits per heavy atom. The summed E-state index contributed by atoms with van der Waals surface area (Å²) in [6.07, 6.45) is 4.66. The maximum Gasteiger partial charge on any atom is 0.220 e. The number of nitrogens with one attached hydrogen (secondary N) is 2. The second kappa shape index (κ2) is 10.7. The van der Waals surface area contributed by atoms with Crippen molar-refractivity contribution in [3.8, 4) is 11.1 Å². The summed E-state index contributed by atoms with van der Waals surface area (Å²) in [4.78, 5) is 24.5. The zero-order valence-electron chi connectivity index (χ0n) is 18.8. The Morgan fingerprint density at radius 1 is 1.15 bits per heavy atom. The van der Waals surface area contributed by atoms with Crippen molar-refractivity contribution in [1.29, 1.82) is 0 Å². The molecule has 0 radical (unpaired) electrons. The summed E-state index contributed by atoms with van der Waals surface area (Å²) in [5.41, 5.74) is 3.15. The average molecular weight is 464 g/mol. The Kier molecular flexibility index (Phi) is 7.44. The fraction of sp³-hybridized carbons (Fsp3) is 0.360. The number of aromatic nitrogens is 3. The van der Waals surface area contributed by atoms with Crippen molar-refractivity contribution in [2.24, 2.45) is 7.05 Å². The molecule has 8 heteroatoms. The van der Waals surface area contributed by atoms with Gasteiger partial charge in [-0.05, 0) is 36.0 Å². The van der Waals surface area contributed by atoms with Crippen LogP contribution in [0.5, 0.6) is 0 Å². The summed E-state index contributed by atoms with van der Waals surface area (Å²) < 4.78 is 1.85. The highest BCUT2D eigenvalue weighted by Gasteiger charge is 2.37. The molecular weight excluding hydrogens is 434 g/mol. The lowest BCUT2D eigenvalue weighted by molar-refractivity contribution is -0.122. The Morgan fingerprint density at radius 2 is 1.91 bits per heavy atom. The fourth-order valence-electron chi connectivity index (χ4n) is 4.20. The van der Waals surface area contributed by atoms with Crippen molar-refractivity contribution < 1.29 is 9.59 Å². The van der Waals surface area contributed by atoms with Gasteiger partial charge in [0.05, 0.1) is 0 Å². The van der Waals surface area contributed by atoms with Crippen LogP contribution in [0, 0.1) is 0 Å². The normalized spacial score (nSPS) is 17.7. The molecule has 1 atom stereocenters. The highest BCUT2D eigenvalue weighted by Crippen LogP contribution is 2.30. The third kappa shape index (κ3) is 6.22. The van der Waals surface area contributed by atoms with Crippen LogP contribution in [0.1, 0.15) is 31.2 Å². The standard InChI is InChI=1S/C25H29N5O2S/c1-30-18-27-29-24(30)33-16-15-26-22(31)11-13-25(14-12-23(32)28-25)17-19-7-9-21(10-8-19)20-5-3-2-4-6-20/h2-10,18H,11-17H2,1H3,(H,26,31)(H,28,32)/t25-/m1/s1. The summed E-state index contributed by atoms with van der Waals surface area (Å²) in [7, 11) is 1.89. The molecule has 0 aliphatic carbocycles. The van der Waals surface area contributed by atoms with E-state index in [0.717, 1.165) is 29.3 Å². The zero-order chi connectivity index (χ0) is 23.1. The van der Waals surface area contributed by atoms with E-state index in [9.17, 15) is 9.59 Å². The SMILES string of the molecule is Cn1cnnc1SCCNC(=O)CC[C@]1(Cc2ccc(-c3ccccc3)cc2)CCC(=O)N1. The molecule has 1 fully saturated rings. The number of hydrogen-bond acceptors (Lipinski definition) is 5. The van der Waals surface area contributed by atoms with Gasteiger partial charge in [-0.3, -0.25) is 9.59 Å². The van der Waals surface area contributed by atoms with Crippen molar-refractivity contribution in [2.45, 2.75) is 42.8 Å². The number of rotatable bonds is 10. The molecule has 0 unspecified atom stereocenters. The predicted molar refractivity (Wildman–Crippen MR) is 130 cm³/mol. The van der Waals surface area contributed by atoms with E-state index in [1.807, 2.05) is 29.8 Å². The van der Waals surface area contributed by atoms with E-state index in [1.165, 1.54) is 11.1 Å². The van der Waals surface area contributed by atoms with Gasteiger partial charge in [-0.1, -0.05) is 66.4 Å². The Bertz CT molecular complexity index is 1080. The molecular formula is C25H29N5O2S. The number of carbonyl (C=O) groups is 2. The first-order valence-corrected chi connectivity index (χ1v) is 12.2. The quantitative estimate of drug-likeness (QED) is 0.356. The molecule has 2 amide bonds. The molecule has 1 aliphatic rings. The molecule has 2 N–H and O–H groups in total. The van der Waals surface area contributed by atoms with Gasteiger partial charge in [0.25, 0.3) is 0 Å². The Balaban J connectivity index is 1.29. The van der Waals surface area contributed by atoms with Crippen LogP contribution in [-0.2, 0) is 23.1 Å². The number of hydrogen-bond donors (Lipinski definition) is 2. The first kappa shape index (κ1) is 23.0. The molecule has 0 bridgehead atoms. The van der Waals surface area contributed by atoms with E-state index in [-0.39, 0.29) is 17.4 Å². The van der Waals surface area contributed by atoms with Gasteiger partial charge in [-0.25, -0.2) is 0 Å². The highest BCUT2D eigenvalue weighted by atomic mass is 32.2. The third-order valence-corrected chi connectivity index (χ3v) is 7.03. The number of benzene rings is 2. The van der Waals surface area contributed by atoms with Crippen molar-refractivity contribution in [2.75, 3.05) is 12.3 Å². The molecule has 7 nitrogen and oxygen atoms in total. The van der Waals surface area contributed by atoms with Gasteiger partial charge < -0.3 is 15.2 Å². The lowest BCUT2D eigenvalue weighted by Crippen LogP contribution is -2.44. The van der Waals surface area contributed by atoms with E-state index in [4.69, 9.17) is 0 Å². The number of aryl methyl sites for hydroxylation is 1. The van der Waals surface area contributed by atoms with Gasteiger partial charge in [-0.15, -0.1) is 10.2 Å². The van der Waals surface area contributed by atoms with E-state index in [1.54, 1.807) is 18.1 Å². The molecule has 0 spiro atoms. The second-order valence-electron chi connectivity index (χ2n) is 8.49. The Labute approximate surface area is 198 Å². The van der Waals surface area contributed by atoms with Crippen LogP contribution in [0.15, 0.2) is 66.1 Å². The van der Waals surface area contributed by atoms with Crippen LogP contribution in [-0.4, -0.2) is 44.4 Å². The Hall–Kier alpha value is -3.13. The molecule has 4 rings (SSSR count). The topological polar surface area (TPSA) is 88.9 Å². The minimum atomic E-state index is -0.365. The molecule has 1 aliphatic heterocycles. The van der Waals surface area contributed by atoms with Crippen LogP contribution in [0.2, 0.25) is 0 Å². The van der Waals surface area contributed by atoms with Gasteiger partial charge in [0, 0.05) is 37.7 Å². The van der Waals surface area contributed by atoms with Gasteiger partial charge >= 0.3 is 0 Å². The molecule has 1 aromatic heterocycles. The molecule has 172 valence electrons. The van der Waals surface area contributed by atoms with Crippen LogP contribution in [0.25, 0.3) is 11.1 Å². The number of thioether (sulfide) groups is 1. The first-order valence-electron chi connectivity index (χ1n) is 11.2. The first-order chi connectivity index (χ1) is 16.0. The molecule has 2 heterocycles. The predicted octanol–water partition coefficient (Wildman–Crippen LogP) is 3.36. The number of nitrogens with zero attached hydrogens (tertiary/aromatic N) is 3. The summed E-state index contributed by atoms with van der Waals surface area (Å²) in [6, 6.07) is 18.8. The maximum atomic E-state index is 12.4. The van der Waals surface area contributed by atoms with Gasteiger partial charge in [0.15, 0.2) is 5.16 Å². The lowest BCUT2D eigenvalue weighted by atomic mass is 9.84. The molecule has 33 heavy (non-hydrogen) atoms. The minimum Gasteiger partial charge on any atom is -0.355 e. The van der Waals surface area contributed by atoms with Crippen LogP contribution < -0.4 is 10.6 Å². The van der Waals surface area contributed by atoms with E-state index >= 15 is 0 Å². The largest absolute Gasteiger partial charge is 0.355 e. The second-order valence-corrected chi connectivity index (χ2v) is 9.55. The van der Waals surface area contributed by atoms with Crippen molar-refractivity contribution in [1.82, 2.24) is 25.4 Å². The molecule has 1 saturated heterocycles. The molecule has 2 aromatic carbocycles. The van der Waals surface area contributed by atoms with Gasteiger partial charge in [0.1, 0.15) is 6.33 Å². The van der Waals surface area contributed by atoms with Crippen LogP contribution in [0.4, 0.5) is 0 Å². The lowest BCUT2D eigenvalue weighted by Gasteiger charge is -2.29. The minimum absolute atomic E-state index is 0.00788. The molecule has 0 saturated carbocycles. The van der Waals surface area contributed by atoms with Crippen LogP contribution in [0.3, 0.4) is 0 Å². The van der Waals surface area contributed by atoms with Crippen molar-refractivity contribution in [3.05, 3.63) is 66.5 Å². The zero-order valence-corrected chi connectivity index (χ0v) is 19.6. The number of carbonyl (C=O) groups excluding carboxylic acids is 2. The van der Waals surface area contributed by atoms with Gasteiger partial charge in [-0.2, -0.15) is 0 Å². The van der Waals surface area contributed by atoms with Crippen LogP contribution >= 0.6 is 11.8 Å². The smallest absolute Gasteiger partial charge is 0.220 e. The average Bonchev–Trinajstić information content (AvgIpc) is 3.41. The third-order valence-electron chi connectivity index (χ3n) is 5.99. The van der Waals surface area contributed by atoms with Gasteiger partial charge in [0.2, 0.25) is 11.8 Å². The van der Waals surface area contributed by atoms with E-state index in [2.05, 4.69) is 57.2 Å².